The van der Waals surface area contributed by atoms with Crippen molar-refractivity contribution in [2.24, 2.45) is 32.2 Å². The van der Waals surface area contributed by atoms with Crippen molar-refractivity contribution in [3.8, 4) is 0 Å². The predicted octanol–water partition coefficient (Wildman–Crippen LogP) is 7.43. The summed E-state index contributed by atoms with van der Waals surface area (Å²) in [4.78, 5) is 46.1. The molecule has 0 amide bonds. The summed E-state index contributed by atoms with van der Waals surface area (Å²) in [5.41, 5.74) is 12.1. The van der Waals surface area contributed by atoms with Gasteiger partial charge in [-0.25, -0.2) is 15.0 Å². The van der Waals surface area contributed by atoms with E-state index in [1.165, 1.54) is 14.2 Å². The Balaban J connectivity index is 1.48. The highest BCUT2D eigenvalue weighted by atomic mass is 16.5. The molecule has 6 aliphatic rings. The third kappa shape index (κ3) is 5.47. The van der Waals surface area contributed by atoms with Crippen molar-refractivity contribution in [2.45, 2.75) is 73.6 Å². The minimum atomic E-state index is -1.53. The van der Waals surface area contributed by atoms with Crippen LogP contribution in [0.4, 0.5) is 0 Å². The molecule has 0 spiro atoms. The molecule has 5 aliphatic heterocycles. The largest absolute Gasteiger partial charge is 0.510 e. The zero-order valence-electron chi connectivity index (χ0n) is 31.1. The first-order valence-corrected chi connectivity index (χ1v) is 18.0. The monoisotopic (exact) mass is 699 g/mol. The first-order chi connectivity index (χ1) is 24.9. The smallest absolute Gasteiger partial charge is 0.323 e. The van der Waals surface area contributed by atoms with Gasteiger partial charge < -0.3 is 19.9 Å². The topological polar surface area (TPSA) is 135 Å². The van der Waals surface area contributed by atoms with Crippen LogP contribution < -0.4 is 5.32 Å². The summed E-state index contributed by atoms with van der Waals surface area (Å²) in [5, 5.41) is 15.7. The van der Waals surface area contributed by atoms with Gasteiger partial charge in [-0.3, -0.25) is 14.6 Å². The molecule has 8 bridgehead atoms. The summed E-state index contributed by atoms with van der Waals surface area (Å²) in [6, 6.07) is 4.05. The number of nitrogens with one attached hydrogen (secondary N) is 1. The van der Waals surface area contributed by atoms with E-state index in [-0.39, 0.29) is 30.0 Å². The summed E-state index contributed by atoms with van der Waals surface area (Å²) in [6.07, 6.45) is 12.8. The molecule has 0 radical (unpaired) electrons. The number of pyridine rings is 1. The Morgan fingerprint density at radius 2 is 1.65 bits per heavy atom. The highest BCUT2D eigenvalue weighted by Gasteiger charge is 2.57. The van der Waals surface area contributed by atoms with Crippen molar-refractivity contribution >= 4 is 29.1 Å². The second-order valence-corrected chi connectivity index (χ2v) is 14.3. The number of aromatic nitrogens is 1. The number of rotatable bonds is 8. The number of ether oxygens (including phenoxy) is 2. The van der Waals surface area contributed by atoms with Gasteiger partial charge in [-0.2, -0.15) is 0 Å². The summed E-state index contributed by atoms with van der Waals surface area (Å²) >= 11 is 0. The van der Waals surface area contributed by atoms with Crippen LogP contribution in [-0.4, -0.2) is 53.4 Å². The van der Waals surface area contributed by atoms with Gasteiger partial charge in [0.25, 0.3) is 0 Å². The fourth-order valence-electron chi connectivity index (χ4n) is 8.35. The molecule has 0 saturated carbocycles. The van der Waals surface area contributed by atoms with Crippen molar-refractivity contribution < 1.29 is 24.2 Å². The van der Waals surface area contributed by atoms with Crippen LogP contribution in [0.1, 0.15) is 72.8 Å². The number of fused-ring (bicyclic) bond motifs is 5. The zero-order chi connectivity index (χ0) is 37.1. The number of hydrogen-bond acceptors (Lipinski definition) is 10. The Morgan fingerprint density at radius 1 is 0.942 bits per heavy atom. The van der Waals surface area contributed by atoms with Gasteiger partial charge in [0.05, 0.1) is 48.4 Å². The molecule has 52 heavy (non-hydrogen) atoms. The normalized spacial score (nSPS) is 24.9. The van der Waals surface area contributed by atoms with Crippen LogP contribution in [-0.2, 0) is 25.5 Å². The van der Waals surface area contributed by atoms with E-state index < -0.39 is 11.4 Å². The van der Waals surface area contributed by atoms with Crippen LogP contribution in [0.25, 0.3) is 0 Å². The van der Waals surface area contributed by atoms with Gasteiger partial charge in [0.2, 0.25) is 0 Å². The first kappa shape index (κ1) is 35.0. The maximum atomic E-state index is 13.8. The average molecular weight is 700 g/mol. The van der Waals surface area contributed by atoms with Crippen LogP contribution in [0.2, 0.25) is 0 Å². The number of allylic oxidation sites excluding steroid dienone is 11. The van der Waals surface area contributed by atoms with Crippen LogP contribution >= 0.6 is 0 Å². The molecule has 7 rings (SSSR count). The minimum Gasteiger partial charge on any atom is -0.510 e. The number of esters is 2. The summed E-state index contributed by atoms with van der Waals surface area (Å²) in [5.74, 6) is -1.36. The minimum absolute atomic E-state index is 0.103. The van der Waals surface area contributed by atoms with Gasteiger partial charge in [-0.15, -0.1) is 0 Å². The lowest BCUT2D eigenvalue weighted by Gasteiger charge is -2.27. The molecular formula is C42H45N5O5. The fraction of sp³-hybridized carbons (Fsp3) is 0.381. The molecule has 1 fully saturated rings. The Morgan fingerprint density at radius 3 is 2.33 bits per heavy atom. The molecule has 3 atom stereocenters. The van der Waals surface area contributed by atoms with E-state index in [2.05, 4.69) is 56.2 Å². The standard InChI is InChI=1S/C42H45N5O5/c1-9-26-21(2)30-18-34-27(13-12-25-11-10-16-43-20-25)22(3)29(45-34)17-31-23(4)28(14-15-35(48)51-7)38(46-31)37-39-36(40(49)42(37,6)41(50)52-8)24(5)32(47-39)19-33(26)44-30/h10-11,16-20,23,28,46,49H,9,12-15H2,1-8H3/t23-,28-,42-/m0/s1. The van der Waals surface area contributed by atoms with Crippen LogP contribution in [0, 0.1) is 17.3 Å². The fourth-order valence-corrected chi connectivity index (χ4v) is 8.35. The Labute approximate surface area is 304 Å². The molecule has 268 valence electrons. The summed E-state index contributed by atoms with van der Waals surface area (Å²) in [6.45, 7) is 12.1. The molecule has 1 aliphatic carbocycles. The molecular weight excluding hydrogens is 654 g/mol. The second-order valence-electron chi connectivity index (χ2n) is 14.3. The molecule has 10 nitrogen and oxygen atoms in total. The predicted molar refractivity (Wildman–Crippen MR) is 201 cm³/mol. The molecule has 10 heteroatoms. The van der Waals surface area contributed by atoms with E-state index in [0.717, 1.165) is 86.9 Å². The number of methoxy groups -OCH3 is 2. The maximum absolute atomic E-state index is 13.8. The number of aliphatic imine (C=N–C) groups is 3. The van der Waals surface area contributed by atoms with Crippen LogP contribution in [0.3, 0.4) is 0 Å². The lowest BCUT2D eigenvalue weighted by Crippen LogP contribution is -2.35. The number of aliphatic hydroxyl groups excluding tert-OH is 1. The van der Waals surface area contributed by atoms with E-state index in [1.54, 1.807) is 13.1 Å². The van der Waals surface area contributed by atoms with Gasteiger partial charge in [0.15, 0.2) is 5.41 Å². The number of nitrogens with zero attached hydrogens (tertiary/aromatic N) is 4. The van der Waals surface area contributed by atoms with E-state index in [4.69, 9.17) is 24.5 Å². The molecule has 0 unspecified atom stereocenters. The number of carbonyl (C=O) groups excluding carboxylic acids is 2. The summed E-state index contributed by atoms with van der Waals surface area (Å²) in [7, 11) is 2.71. The number of carbonyl (C=O) groups is 2. The Kier molecular flexibility index (Phi) is 8.97. The van der Waals surface area contributed by atoms with E-state index >= 15 is 0 Å². The molecule has 2 N–H and O–H groups in total. The highest BCUT2D eigenvalue weighted by molar-refractivity contribution is 6.25. The molecule has 6 heterocycles. The third-order valence-electron chi connectivity index (χ3n) is 11.5. The number of aryl methyl sites for hydroxylation is 1. The first-order valence-electron chi connectivity index (χ1n) is 18.0. The maximum Gasteiger partial charge on any atom is 0.323 e. The highest BCUT2D eigenvalue weighted by Crippen LogP contribution is 2.54. The quantitative estimate of drug-likeness (QED) is 0.270. The van der Waals surface area contributed by atoms with Crippen LogP contribution in [0.15, 0.2) is 131 Å². The molecule has 1 saturated heterocycles. The van der Waals surface area contributed by atoms with E-state index in [1.807, 2.05) is 25.3 Å². The van der Waals surface area contributed by atoms with Gasteiger partial charge >= 0.3 is 11.9 Å². The second kappa shape index (κ2) is 13.3. The lowest BCUT2D eigenvalue weighted by atomic mass is 9.78. The van der Waals surface area contributed by atoms with E-state index in [9.17, 15) is 14.7 Å². The van der Waals surface area contributed by atoms with Crippen molar-refractivity contribution in [1.82, 2.24) is 10.3 Å². The van der Waals surface area contributed by atoms with Gasteiger partial charge in [-0.1, -0.05) is 19.9 Å². The van der Waals surface area contributed by atoms with Crippen molar-refractivity contribution in [2.75, 3.05) is 14.2 Å². The lowest BCUT2D eigenvalue weighted by molar-refractivity contribution is -0.148. The van der Waals surface area contributed by atoms with E-state index in [0.29, 0.717) is 29.0 Å². The number of aliphatic hydroxyl groups is 1. The van der Waals surface area contributed by atoms with Crippen molar-refractivity contribution in [1.29, 1.82) is 0 Å². The van der Waals surface area contributed by atoms with Crippen LogP contribution in [0.5, 0.6) is 0 Å². The van der Waals surface area contributed by atoms with Gasteiger partial charge in [0.1, 0.15) is 5.76 Å². The number of hydrogen-bond donors (Lipinski definition) is 2. The summed E-state index contributed by atoms with van der Waals surface area (Å²) < 4.78 is 10.4. The molecule has 1 aromatic heterocycles. The average Bonchev–Trinajstić information content (AvgIpc) is 3.86. The Bertz CT molecular complexity index is 2170. The van der Waals surface area contributed by atoms with Crippen molar-refractivity contribution in [3.05, 3.63) is 122 Å². The molecule has 1 aromatic rings. The molecule has 0 aromatic carbocycles. The van der Waals surface area contributed by atoms with Gasteiger partial charge in [-0.05, 0) is 111 Å². The Hall–Kier alpha value is -5.38. The third-order valence-corrected chi connectivity index (χ3v) is 11.5. The van der Waals surface area contributed by atoms with Crippen molar-refractivity contribution in [3.63, 3.8) is 0 Å². The van der Waals surface area contributed by atoms with Gasteiger partial charge in [0, 0.05) is 53.2 Å². The SMILES string of the molecule is CCC1=C(C)C2=NC1=CC1=C(C)C3=C(O)[C@@](C)(C(=O)OC)C(=C4NC(=CC5=NC(=C2)C(CCc2cccnc2)=C5C)[C@@H](C)[C@@H]4CCC(=O)OC)C3=N1. The zero-order valence-corrected chi connectivity index (χ0v) is 31.1.